The first-order valence-electron chi connectivity index (χ1n) is 5.94. The van der Waals surface area contributed by atoms with Crippen LogP contribution in [0, 0.1) is 11.3 Å². The van der Waals surface area contributed by atoms with E-state index in [1.54, 1.807) is 4.90 Å². The standard InChI is InChI=1S/C13H21NO3/c1-9(12(16)17)11(15)14-7-5-10(6-8-14)13(2,3)4/h5,9H,6-8H2,1-4H3,(H,16,17). The van der Waals surface area contributed by atoms with Crippen molar-refractivity contribution in [1.82, 2.24) is 4.90 Å². The fourth-order valence-electron chi connectivity index (χ4n) is 1.93. The molecular weight excluding hydrogens is 218 g/mol. The van der Waals surface area contributed by atoms with Crippen LogP contribution in [-0.4, -0.2) is 35.0 Å². The lowest BCUT2D eigenvalue weighted by molar-refractivity contribution is -0.150. The SMILES string of the molecule is CC(C(=O)O)C(=O)N1CC=C(C(C)(C)C)CC1. The molecule has 0 aromatic carbocycles. The van der Waals surface area contributed by atoms with Gasteiger partial charge in [-0.1, -0.05) is 32.4 Å². The van der Waals surface area contributed by atoms with Crippen molar-refractivity contribution in [3.05, 3.63) is 11.6 Å². The van der Waals surface area contributed by atoms with E-state index in [1.165, 1.54) is 12.5 Å². The van der Waals surface area contributed by atoms with E-state index in [9.17, 15) is 9.59 Å². The largest absolute Gasteiger partial charge is 0.481 e. The Morgan fingerprint density at radius 1 is 1.41 bits per heavy atom. The molecule has 1 atom stereocenters. The summed E-state index contributed by atoms with van der Waals surface area (Å²) in [6, 6.07) is 0. The number of carboxylic acid groups (broad SMARTS) is 1. The zero-order valence-electron chi connectivity index (χ0n) is 11.0. The van der Waals surface area contributed by atoms with E-state index in [1.807, 2.05) is 0 Å². The van der Waals surface area contributed by atoms with Gasteiger partial charge in [-0.3, -0.25) is 9.59 Å². The molecule has 1 unspecified atom stereocenters. The molecular formula is C13H21NO3. The van der Waals surface area contributed by atoms with Gasteiger partial charge in [0.05, 0.1) is 0 Å². The van der Waals surface area contributed by atoms with E-state index in [0.29, 0.717) is 13.1 Å². The first-order valence-corrected chi connectivity index (χ1v) is 5.94. The maximum absolute atomic E-state index is 11.8. The van der Waals surface area contributed by atoms with Crippen molar-refractivity contribution in [2.24, 2.45) is 11.3 Å². The summed E-state index contributed by atoms with van der Waals surface area (Å²) < 4.78 is 0. The number of carbonyl (C=O) groups excluding carboxylic acids is 1. The fourth-order valence-corrected chi connectivity index (χ4v) is 1.93. The maximum atomic E-state index is 11.8. The third-order valence-electron chi connectivity index (χ3n) is 3.22. The fraction of sp³-hybridized carbons (Fsp3) is 0.692. The van der Waals surface area contributed by atoms with Crippen molar-refractivity contribution < 1.29 is 14.7 Å². The molecule has 4 heteroatoms. The molecule has 17 heavy (non-hydrogen) atoms. The molecule has 0 saturated carbocycles. The minimum absolute atomic E-state index is 0.132. The number of carbonyl (C=O) groups is 2. The van der Waals surface area contributed by atoms with Gasteiger partial charge in [0.25, 0.3) is 0 Å². The molecule has 1 aliphatic rings. The molecule has 1 aliphatic heterocycles. The number of hydrogen-bond donors (Lipinski definition) is 1. The lowest BCUT2D eigenvalue weighted by Gasteiger charge is -2.32. The van der Waals surface area contributed by atoms with Crippen LogP contribution in [0.1, 0.15) is 34.1 Å². The normalized spacial score (nSPS) is 18.6. The second-order valence-electron chi connectivity index (χ2n) is 5.57. The van der Waals surface area contributed by atoms with Crippen LogP contribution < -0.4 is 0 Å². The number of carboxylic acids is 1. The van der Waals surface area contributed by atoms with Crippen LogP contribution in [0.4, 0.5) is 0 Å². The Kier molecular flexibility index (Phi) is 3.96. The van der Waals surface area contributed by atoms with E-state index in [0.717, 1.165) is 6.42 Å². The zero-order valence-corrected chi connectivity index (χ0v) is 11.0. The third-order valence-corrected chi connectivity index (χ3v) is 3.22. The Hall–Kier alpha value is -1.32. The van der Waals surface area contributed by atoms with Gasteiger partial charge >= 0.3 is 5.97 Å². The van der Waals surface area contributed by atoms with Crippen molar-refractivity contribution in [2.75, 3.05) is 13.1 Å². The van der Waals surface area contributed by atoms with Crippen molar-refractivity contribution >= 4 is 11.9 Å². The quantitative estimate of drug-likeness (QED) is 0.591. The molecule has 0 bridgehead atoms. The van der Waals surface area contributed by atoms with Crippen molar-refractivity contribution in [1.29, 1.82) is 0 Å². The predicted molar refractivity (Wildman–Crippen MR) is 65.5 cm³/mol. The van der Waals surface area contributed by atoms with Crippen LogP contribution in [0.3, 0.4) is 0 Å². The minimum atomic E-state index is -1.06. The molecule has 0 aliphatic carbocycles. The topological polar surface area (TPSA) is 57.6 Å². The minimum Gasteiger partial charge on any atom is -0.481 e. The average Bonchev–Trinajstić information content (AvgIpc) is 2.26. The van der Waals surface area contributed by atoms with Crippen molar-refractivity contribution in [3.63, 3.8) is 0 Å². The summed E-state index contributed by atoms with van der Waals surface area (Å²) in [5.74, 6) is -2.29. The summed E-state index contributed by atoms with van der Waals surface area (Å²) in [6.07, 6.45) is 2.89. The van der Waals surface area contributed by atoms with Crippen LogP contribution >= 0.6 is 0 Å². The van der Waals surface area contributed by atoms with Gasteiger partial charge in [-0.15, -0.1) is 0 Å². The Bertz CT molecular complexity index is 352. The third kappa shape index (κ3) is 3.32. The lowest BCUT2D eigenvalue weighted by atomic mass is 9.83. The number of hydrogen-bond acceptors (Lipinski definition) is 2. The highest BCUT2D eigenvalue weighted by Gasteiger charge is 2.28. The summed E-state index contributed by atoms with van der Waals surface area (Å²) in [5.41, 5.74) is 1.47. The molecule has 96 valence electrons. The van der Waals surface area contributed by atoms with Crippen molar-refractivity contribution in [2.45, 2.75) is 34.1 Å². The number of rotatable bonds is 2. The predicted octanol–water partition coefficient (Wildman–Crippen LogP) is 1.91. The maximum Gasteiger partial charge on any atom is 0.315 e. The van der Waals surface area contributed by atoms with Gasteiger partial charge in [0.1, 0.15) is 5.92 Å². The monoisotopic (exact) mass is 239 g/mol. The molecule has 0 saturated heterocycles. The van der Waals surface area contributed by atoms with Gasteiger partial charge in [0.2, 0.25) is 5.91 Å². The second-order valence-corrected chi connectivity index (χ2v) is 5.57. The Morgan fingerprint density at radius 2 is 2.00 bits per heavy atom. The summed E-state index contributed by atoms with van der Waals surface area (Å²) in [4.78, 5) is 24.2. The highest BCUT2D eigenvalue weighted by molar-refractivity contribution is 5.96. The molecule has 0 aromatic heterocycles. The Balaban J connectivity index is 2.67. The van der Waals surface area contributed by atoms with Gasteiger partial charge in [-0.05, 0) is 18.8 Å². The smallest absolute Gasteiger partial charge is 0.315 e. The molecule has 0 spiro atoms. The molecule has 1 heterocycles. The van der Waals surface area contributed by atoms with E-state index in [2.05, 4.69) is 26.8 Å². The highest BCUT2D eigenvalue weighted by atomic mass is 16.4. The van der Waals surface area contributed by atoms with E-state index < -0.39 is 11.9 Å². The van der Waals surface area contributed by atoms with Crippen LogP contribution in [0.2, 0.25) is 0 Å². The first kappa shape index (κ1) is 13.7. The van der Waals surface area contributed by atoms with E-state index in [-0.39, 0.29) is 11.3 Å². The van der Waals surface area contributed by atoms with Gasteiger partial charge in [0, 0.05) is 13.1 Å². The number of nitrogens with zero attached hydrogens (tertiary/aromatic N) is 1. The second kappa shape index (κ2) is 4.90. The summed E-state index contributed by atoms with van der Waals surface area (Å²) in [6.45, 7) is 9.04. The Morgan fingerprint density at radius 3 is 2.35 bits per heavy atom. The average molecular weight is 239 g/mol. The van der Waals surface area contributed by atoms with Crippen molar-refractivity contribution in [3.8, 4) is 0 Å². The van der Waals surface area contributed by atoms with E-state index in [4.69, 9.17) is 5.11 Å². The first-order chi connectivity index (χ1) is 7.73. The van der Waals surface area contributed by atoms with Crippen LogP contribution in [0.15, 0.2) is 11.6 Å². The van der Waals surface area contributed by atoms with Crippen LogP contribution in [0.25, 0.3) is 0 Å². The molecule has 0 fully saturated rings. The van der Waals surface area contributed by atoms with Gasteiger partial charge in [-0.25, -0.2) is 0 Å². The molecule has 0 aromatic rings. The molecule has 1 N–H and O–H groups in total. The molecule has 1 amide bonds. The number of amides is 1. The zero-order chi connectivity index (χ0) is 13.2. The summed E-state index contributed by atoms with van der Waals surface area (Å²) in [7, 11) is 0. The van der Waals surface area contributed by atoms with Gasteiger partial charge < -0.3 is 10.0 Å². The Labute approximate surface area is 102 Å². The lowest BCUT2D eigenvalue weighted by Crippen LogP contribution is -2.41. The van der Waals surface area contributed by atoms with Crippen LogP contribution in [0.5, 0.6) is 0 Å². The summed E-state index contributed by atoms with van der Waals surface area (Å²) in [5, 5.41) is 8.80. The molecule has 0 radical (unpaired) electrons. The molecule has 1 rings (SSSR count). The number of aliphatic carboxylic acids is 1. The van der Waals surface area contributed by atoms with E-state index >= 15 is 0 Å². The highest BCUT2D eigenvalue weighted by Crippen LogP contribution is 2.30. The summed E-state index contributed by atoms with van der Waals surface area (Å²) >= 11 is 0. The van der Waals surface area contributed by atoms with Gasteiger partial charge in [-0.2, -0.15) is 0 Å². The van der Waals surface area contributed by atoms with Gasteiger partial charge in [0.15, 0.2) is 0 Å². The van der Waals surface area contributed by atoms with Crippen LogP contribution in [-0.2, 0) is 9.59 Å². The molecule has 4 nitrogen and oxygen atoms in total.